The van der Waals surface area contributed by atoms with Gasteiger partial charge < -0.3 is 0 Å². The lowest BCUT2D eigenvalue weighted by Gasteiger charge is -2.04. The lowest BCUT2D eigenvalue weighted by molar-refractivity contribution is 1.15. The number of aryl methyl sites for hydroxylation is 1. The van der Waals surface area contributed by atoms with Crippen LogP contribution in [-0.2, 0) is 0 Å². The number of nitrogens with zero attached hydrogens (tertiary/aromatic N) is 2. The van der Waals surface area contributed by atoms with Crippen molar-refractivity contribution in [3.63, 3.8) is 0 Å². The van der Waals surface area contributed by atoms with Crippen molar-refractivity contribution in [2.24, 2.45) is 0 Å². The Bertz CT molecular complexity index is 1380. The van der Waals surface area contributed by atoms with Crippen LogP contribution in [0.4, 0.5) is 0 Å². The zero-order chi connectivity index (χ0) is 19.1. The van der Waals surface area contributed by atoms with Gasteiger partial charge in [0.05, 0.1) is 15.9 Å². The first kappa shape index (κ1) is 17.1. The molecule has 0 amide bonds. The summed E-state index contributed by atoms with van der Waals surface area (Å²) in [7, 11) is 0. The zero-order valence-electron chi connectivity index (χ0n) is 15.1. The van der Waals surface area contributed by atoms with Gasteiger partial charge in [0.25, 0.3) is 5.56 Å². The molecule has 0 radical (unpaired) electrons. The Morgan fingerprint density at radius 2 is 1.61 bits per heavy atom. The van der Waals surface area contributed by atoms with Crippen LogP contribution < -0.4 is 10.1 Å². The lowest BCUT2D eigenvalue weighted by Crippen LogP contribution is -2.23. The van der Waals surface area contributed by atoms with Crippen LogP contribution in [0.2, 0.25) is 0 Å². The van der Waals surface area contributed by atoms with E-state index in [-0.39, 0.29) is 5.56 Å². The summed E-state index contributed by atoms with van der Waals surface area (Å²) >= 11 is 3.09. The van der Waals surface area contributed by atoms with Gasteiger partial charge in [0, 0.05) is 16.0 Å². The van der Waals surface area contributed by atoms with Crippen molar-refractivity contribution in [1.82, 2.24) is 9.38 Å². The molecule has 5 aromatic rings. The molecule has 0 bridgehead atoms. The minimum Gasteiger partial charge on any atom is -0.267 e. The van der Waals surface area contributed by atoms with Crippen molar-refractivity contribution in [2.45, 2.75) is 6.92 Å². The van der Waals surface area contributed by atoms with Gasteiger partial charge in [-0.2, -0.15) is 0 Å². The molecular formula is C23H16N2OS2. The average Bonchev–Trinajstić information content (AvgIpc) is 3.39. The fourth-order valence-electron chi connectivity index (χ4n) is 3.31. The molecule has 0 aliphatic heterocycles. The second-order valence-electron chi connectivity index (χ2n) is 6.54. The summed E-state index contributed by atoms with van der Waals surface area (Å²) in [5.74, 6) is 0. The maximum absolute atomic E-state index is 13.3. The molecule has 0 N–H and O–H groups in total. The average molecular weight is 401 g/mol. The highest BCUT2D eigenvalue weighted by Crippen LogP contribution is 2.32. The molecule has 5 heteroatoms. The van der Waals surface area contributed by atoms with Crippen molar-refractivity contribution in [2.75, 3.05) is 0 Å². The molecule has 2 aromatic carbocycles. The molecule has 0 saturated heterocycles. The largest absolute Gasteiger partial charge is 0.275 e. The maximum atomic E-state index is 13.3. The Morgan fingerprint density at radius 1 is 0.929 bits per heavy atom. The first-order valence-corrected chi connectivity index (χ1v) is 10.6. The summed E-state index contributed by atoms with van der Waals surface area (Å²) in [6.07, 6.45) is 1.98. The molecule has 136 valence electrons. The Kier molecular flexibility index (Phi) is 4.19. The third-order valence-corrected chi connectivity index (χ3v) is 6.65. The van der Waals surface area contributed by atoms with Crippen molar-refractivity contribution < 1.29 is 0 Å². The molecule has 28 heavy (non-hydrogen) atoms. The molecule has 0 aliphatic rings. The van der Waals surface area contributed by atoms with Crippen molar-refractivity contribution in [3.8, 4) is 22.5 Å². The van der Waals surface area contributed by atoms with Crippen molar-refractivity contribution >= 4 is 33.7 Å². The van der Waals surface area contributed by atoms with Gasteiger partial charge in [-0.25, -0.2) is 9.38 Å². The summed E-state index contributed by atoms with van der Waals surface area (Å²) in [5.41, 5.74) is 4.86. The van der Waals surface area contributed by atoms with E-state index in [1.807, 2.05) is 72.1 Å². The predicted molar refractivity (Wildman–Crippen MR) is 118 cm³/mol. The van der Waals surface area contributed by atoms with Crippen LogP contribution in [0.5, 0.6) is 0 Å². The van der Waals surface area contributed by atoms with E-state index in [1.54, 1.807) is 15.7 Å². The third kappa shape index (κ3) is 2.80. The highest BCUT2D eigenvalue weighted by Gasteiger charge is 2.19. The highest BCUT2D eigenvalue weighted by atomic mass is 32.1. The molecule has 0 aliphatic carbocycles. The Morgan fingerprint density at radius 3 is 2.25 bits per heavy atom. The van der Waals surface area contributed by atoms with E-state index in [2.05, 4.69) is 13.0 Å². The fraction of sp³-hybridized carbons (Fsp3) is 0.0435. The first-order valence-electron chi connectivity index (χ1n) is 8.94. The molecule has 0 atom stereocenters. The number of fused-ring (bicyclic) bond motifs is 1. The zero-order valence-corrected chi connectivity index (χ0v) is 16.8. The van der Waals surface area contributed by atoms with Crippen molar-refractivity contribution in [3.05, 3.63) is 97.4 Å². The summed E-state index contributed by atoms with van der Waals surface area (Å²) in [4.78, 5) is 20.0. The van der Waals surface area contributed by atoms with Crippen LogP contribution >= 0.6 is 22.7 Å². The van der Waals surface area contributed by atoms with Crippen LogP contribution in [0.3, 0.4) is 0 Å². The summed E-state index contributed by atoms with van der Waals surface area (Å²) in [6, 6.07) is 22.1. The van der Waals surface area contributed by atoms with Crippen LogP contribution in [0.15, 0.2) is 76.9 Å². The number of imidazole rings is 1. The maximum Gasteiger partial charge on any atom is 0.275 e. The Labute approximate surface area is 169 Å². The standard InChI is InChI=1S/C23H16N2OS2/c1-15-12-13-27-18(15)14-19-22(26)25-21(17-10-6-3-7-11-17)20(24-23(25)28-19)16-8-4-2-5-9-16/h2-14H,1H3. The summed E-state index contributed by atoms with van der Waals surface area (Å²) in [5, 5.41) is 2.05. The molecule has 3 aromatic heterocycles. The molecule has 5 rings (SSSR count). The Hall–Kier alpha value is -3.02. The van der Waals surface area contributed by atoms with Crippen LogP contribution in [0.25, 0.3) is 33.6 Å². The van der Waals surface area contributed by atoms with Gasteiger partial charge in [0.1, 0.15) is 0 Å². The van der Waals surface area contributed by atoms with E-state index in [0.717, 1.165) is 32.4 Å². The van der Waals surface area contributed by atoms with Crippen LogP contribution in [0.1, 0.15) is 10.4 Å². The predicted octanol–water partition coefficient (Wildman–Crippen LogP) is 5.01. The number of hydrogen-bond donors (Lipinski definition) is 0. The van der Waals surface area contributed by atoms with E-state index < -0.39 is 0 Å². The molecule has 0 saturated carbocycles. The molecular weight excluding hydrogens is 384 g/mol. The number of hydrogen-bond acceptors (Lipinski definition) is 4. The third-order valence-electron chi connectivity index (χ3n) is 4.72. The second-order valence-corrected chi connectivity index (χ2v) is 8.50. The van der Waals surface area contributed by atoms with Gasteiger partial charge in [-0.15, -0.1) is 11.3 Å². The SMILES string of the molecule is Cc1ccsc1C=c1sc2nc(-c3ccccc3)c(-c3ccccc3)n2c1=O. The molecule has 3 heterocycles. The van der Waals surface area contributed by atoms with Gasteiger partial charge in [-0.3, -0.25) is 4.79 Å². The highest BCUT2D eigenvalue weighted by molar-refractivity contribution is 7.15. The molecule has 0 spiro atoms. The quantitative estimate of drug-likeness (QED) is 0.427. The van der Waals surface area contributed by atoms with Crippen LogP contribution in [-0.4, -0.2) is 9.38 Å². The number of thiophene rings is 1. The van der Waals surface area contributed by atoms with Crippen LogP contribution in [0, 0.1) is 6.92 Å². The van der Waals surface area contributed by atoms with E-state index in [4.69, 9.17) is 4.98 Å². The summed E-state index contributed by atoms with van der Waals surface area (Å²) < 4.78 is 2.47. The fourth-order valence-corrected chi connectivity index (χ4v) is 5.20. The van der Waals surface area contributed by atoms with E-state index in [0.29, 0.717) is 4.53 Å². The van der Waals surface area contributed by atoms with E-state index in [9.17, 15) is 4.79 Å². The van der Waals surface area contributed by atoms with E-state index in [1.165, 1.54) is 16.9 Å². The lowest BCUT2D eigenvalue weighted by atomic mass is 10.1. The van der Waals surface area contributed by atoms with E-state index >= 15 is 0 Å². The minimum atomic E-state index is -0.0127. The normalized spacial score (nSPS) is 12.1. The minimum absolute atomic E-state index is 0.0127. The first-order chi connectivity index (χ1) is 13.7. The Balaban J connectivity index is 1.83. The van der Waals surface area contributed by atoms with Gasteiger partial charge in [0.2, 0.25) is 0 Å². The topological polar surface area (TPSA) is 34.4 Å². The number of aromatic nitrogens is 2. The molecule has 0 fully saturated rings. The molecule has 3 nitrogen and oxygen atoms in total. The van der Waals surface area contributed by atoms with Gasteiger partial charge in [-0.05, 0) is 30.0 Å². The molecule has 0 unspecified atom stereocenters. The number of thiazole rings is 1. The van der Waals surface area contributed by atoms with Gasteiger partial charge in [-0.1, -0.05) is 72.0 Å². The van der Waals surface area contributed by atoms with Gasteiger partial charge >= 0.3 is 0 Å². The number of benzene rings is 2. The second kappa shape index (κ2) is 6.86. The number of rotatable bonds is 3. The smallest absolute Gasteiger partial charge is 0.267 e. The summed E-state index contributed by atoms with van der Waals surface area (Å²) in [6.45, 7) is 2.06. The van der Waals surface area contributed by atoms with Crippen molar-refractivity contribution in [1.29, 1.82) is 0 Å². The van der Waals surface area contributed by atoms with Gasteiger partial charge in [0.15, 0.2) is 4.96 Å². The monoisotopic (exact) mass is 400 g/mol.